The minimum absolute atomic E-state index is 0.655. The first kappa shape index (κ1) is 8.19. The van der Waals surface area contributed by atoms with E-state index >= 15 is 0 Å². The number of aldehydes is 1. The smallest absolute Gasteiger partial charge is 0.154 e. The Morgan fingerprint density at radius 3 is 3.08 bits per heavy atom. The number of nitrogens with zero attached hydrogens (tertiary/aromatic N) is 1. The van der Waals surface area contributed by atoms with Gasteiger partial charge in [-0.3, -0.25) is 9.89 Å². The van der Waals surface area contributed by atoms with E-state index in [1.165, 1.54) is 0 Å². The van der Waals surface area contributed by atoms with Crippen LogP contribution in [0.25, 0.3) is 10.6 Å². The Balaban J connectivity index is 2.58. The molecule has 0 amide bonds. The van der Waals surface area contributed by atoms with Gasteiger partial charge in [-0.05, 0) is 18.4 Å². The lowest BCUT2D eigenvalue weighted by molar-refractivity contribution is 0.112. The Morgan fingerprint density at radius 2 is 2.46 bits per heavy atom. The summed E-state index contributed by atoms with van der Waals surface area (Å²) >= 11 is 1.58. The van der Waals surface area contributed by atoms with Crippen LogP contribution in [0.15, 0.2) is 17.5 Å². The fourth-order valence-electron chi connectivity index (χ4n) is 1.18. The Morgan fingerprint density at radius 1 is 1.62 bits per heavy atom. The van der Waals surface area contributed by atoms with Crippen LogP contribution in [-0.4, -0.2) is 16.5 Å². The Kier molecular flexibility index (Phi) is 1.98. The van der Waals surface area contributed by atoms with E-state index < -0.39 is 0 Å². The second kappa shape index (κ2) is 3.14. The highest BCUT2D eigenvalue weighted by Crippen LogP contribution is 2.26. The molecule has 2 aromatic heterocycles. The highest BCUT2D eigenvalue weighted by atomic mass is 32.1. The normalized spacial score (nSPS) is 10.2. The summed E-state index contributed by atoms with van der Waals surface area (Å²) in [5.41, 5.74) is 2.23. The molecule has 0 unspecified atom stereocenters. The van der Waals surface area contributed by atoms with Crippen molar-refractivity contribution in [2.24, 2.45) is 0 Å². The third-order valence-corrected chi connectivity index (χ3v) is 2.74. The van der Waals surface area contributed by atoms with Crippen molar-refractivity contribution in [2.75, 3.05) is 0 Å². The zero-order chi connectivity index (χ0) is 9.26. The van der Waals surface area contributed by atoms with Gasteiger partial charge >= 0.3 is 0 Å². The van der Waals surface area contributed by atoms with Gasteiger partial charge in [-0.2, -0.15) is 5.10 Å². The van der Waals surface area contributed by atoms with E-state index in [0.29, 0.717) is 5.56 Å². The molecule has 0 saturated carbocycles. The fraction of sp³-hybridized carbons (Fsp3) is 0.111. The SMILES string of the molecule is Cc1[nH]nc(-c2cccs2)c1C=O. The number of carbonyl (C=O) groups excluding carboxylic acids is 1. The molecule has 4 heteroatoms. The first-order chi connectivity index (χ1) is 6.33. The molecule has 0 atom stereocenters. The summed E-state index contributed by atoms with van der Waals surface area (Å²) in [6, 6.07) is 3.89. The largest absolute Gasteiger partial charge is 0.298 e. The topological polar surface area (TPSA) is 45.8 Å². The Bertz CT molecular complexity index is 417. The van der Waals surface area contributed by atoms with E-state index in [0.717, 1.165) is 22.6 Å². The van der Waals surface area contributed by atoms with Gasteiger partial charge in [0.05, 0.1) is 10.4 Å². The van der Waals surface area contributed by atoms with Crippen LogP contribution >= 0.6 is 11.3 Å². The summed E-state index contributed by atoms with van der Waals surface area (Å²) in [5.74, 6) is 0. The van der Waals surface area contributed by atoms with Crippen molar-refractivity contribution in [1.29, 1.82) is 0 Å². The van der Waals surface area contributed by atoms with Crippen LogP contribution in [0.3, 0.4) is 0 Å². The molecule has 0 radical (unpaired) electrons. The number of aryl methyl sites for hydroxylation is 1. The van der Waals surface area contributed by atoms with Crippen LogP contribution < -0.4 is 0 Å². The van der Waals surface area contributed by atoms with Gasteiger partial charge in [0.25, 0.3) is 0 Å². The Labute approximate surface area is 79.4 Å². The van der Waals surface area contributed by atoms with Crippen LogP contribution in [0.1, 0.15) is 16.1 Å². The molecule has 13 heavy (non-hydrogen) atoms. The van der Waals surface area contributed by atoms with Crippen molar-refractivity contribution >= 4 is 17.6 Å². The minimum Gasteiger partial charge on any atom is -0.298 e. The molecule has 0 fully saturated rings. The van der Waals surface area contributed by atoms with Gasteiger partial charge in [-0.1, -0.05) is 6.07 Å². The molecule has 2 heterocycles. The fourth-order valence-corrected chi connectivity index (χ4v) is 1.91. The zero-order valence-corrected chi connectivity index (χ0v) is 7.89. The highest BCUT2D eigenvalue weighted by Gasteiger charge is 2.11. The maximum Gasteiger partial charge on any atom is 0.154 e. The molecule has 0 aliphatic carbocycles. The number of thiophene rings is 1. The second-order valence-electron chi connectivity index (χ2n) is 2.71. The number of hydrogen-bond donors (Lipinski definition) is 1. The first-order valence-electron chi connectivity index (χ1n) is 3.87. The van der Waals surface area contributed by atoms with E-state index in [1.54, 1.807) is 11.3 Å². The lowest BCUT2D eigenvalue weighted by Gasteiger charge is -1.90. The van der Waals surface area contributed by atoms with Gasteiger partial charge in [0.1, 0.15) is 5.69 Å². The molecule has 2 rings (SSSR count). The lowest BCUT2D eigenvalue weighted by Crippen LogP contribution is -1.82. The van der Waals surface area contributed by atoms with Crippen molar-refractivity contribution < 1.29 is 4.79 Å². The molecule has 0 aliphatic heterocycles. The molecule has 1 N–H and O–H groups in total. The van der Waals surface area contributed by atoms with Crippen molar-refractivity contribution in [1.82, 2.24) is 10.2 Å². The van der Waals surface area contributed by atoms with E-state index in [-0.39, 0.29) is 0 Å². The van der Waals surface area contributed by atoms with E-state index in [1.807, 2.05) is 24.4 Å². The molecular weight excluding hydrogens is 184 g/mol. The molecule has 3 nitrogen and oxygen atoms in total. The van der Waals surface area contributed by atoms with Crippen molar-refractivity contribution in [2.45, 2.75) is 6.92 Å². The summed E-state index contributed by atoms with van der Waals surface area (Å²) in [7, 11) is 0. The average molecular weight is 192 g/mol. The van der Waals surface area contributed by atoms with E-state index in [2.05, 4.69) is 10.2 Å². The standard InChI is InChI=1S/C9H8N2OS/c1-6-7(5-12)9(11-10-6)8-3-2-4-13-8/h2-5H,1H3,(H,10,11). The van der Waals surface area contributed by atoms with Crippen LogP contribution in [0.2, 0.25) is 0 Å². The predicted octanol–water partition coefficient (Wildman–Crippen LogP) is 2.26. The highest BCUT2D eigenvalue weighted by molar-refractivity contribution is 7.13. The van der Waals surface area contributed by atoms with Gasteiger partial charge < -0.3 is 0 Å². The second-order valence-corrected chi connectivity index (χ2v) is 3.65. The number of H-pyrrole nitrogens is 1. The van der Waals surface area contributed by atoms with Crippen molar-refractivity contribution in [3.05, 3.63) is 28.8 Å². The van der Waals surface area contributed by atoms with Gasteiger partial charge in [0.2, 0.25) is 0 Å². The van der Waals surface area contributed by atoms with Crippen LogP contribution in [0.5, 0.6) is 0 Å². The summed E-state index contributed by atoms with van der Waals surface area (Å²) in [4.78, 5) is 11.8. The number of aromatic nitrogens is 2. The predicted molar refractivity (Wildman–Crippen MR) is 52.0 cm³/mol. The zero-order valence-electron chi connectivity index (χ0n) is 7.07. The van der Waals surface area contributed by atoms with Gasteiger partial charge in [0, 0.05) is 5.69 Å². The molecule has 0 bridgehead atoms. The Hall–Kier alpha value is -1.42. The lowest BCUT2D eigenvalue weighted by atomic mass is 10.2. The summed E-state index contributed by atoms with van der Waals surface area (Å²) in [6.07, 6.45) is 0.841. The number of aromatic amines is 1. The molecule has 0 aromatic carbocycles. The molecule has 0 aliphatic rings. The molecule has 0 spiro atoms. The molecular formula is C9H8N2OS. The summed E-state index contributed by atoms with van der Waals surface area (Å²) in [5, 5.41) is 8.85. The van der Waals surface area contributed by atoms with E-state index in [4.69, 9.17) is 0 Å². The van der Waals surface area contributed by atoms with Gasteiger partial charge in [-0.25, -0.2) is 0 Å². The third-order valence-electron chi connectivity index (χ3n) is 1.87. The average Bonchev–Trinajstić information content (AvgIpc) is 2.71. The van der Waals surface area contributed by atoms with Crippen molar-refractivity contribution in [3.63, 3.8) is 0 Å². The minimum atomic E-state index is 0.655. The van der Waals surface area contributed by atoms with Gasteiger partial charge in [-0.15, -0.1) is 11.3 Å². The number of nitrogens with one attached hydrogen (secondary N) is 1. The molecule has 2 aromatic rings. The van der Waals surface area contributed by atoms with Crippen LogP contribution in [0.4, 0.5) is 0 Å². The number of carbonyl (C=O) groups is 1. The quantitative estimate of drug-likeness (QED) is 0.742. The molecule has 66 valence electrons. The van der Waals surface area contributed by atoms with E-state index in [9.17, 15) is 4.79 Å². The maximum absolute atomic E-state index is 10.7. The third kappa shape index (κ3) is 1.29. The van der Waals surface area contributed by atoms with Crippen molar-refractivity contribution in [3.8, 4) is 10.6 Å². The number of rotatable bonds is 2. The van der Waals surface area contributed by atoms with Crippen LogP contribution in [0, 0.1) is 6.92 Å². The van der Waals surface area contributed by atoms with Gasteiger partial charge in [0.15, 0.2) is 6.29 Å². The number of hydrogen-bond acceptors (Lipinski definition) is 3. The summed E-state index contributed by atoms with van der Waals surface area (Å²) in [6.45, 7) is 1.84. The monoisotopic (exact) mass is 192 g/mol. The summed E-state index contributed by atoms with van der Waals surface area (Å²) < 4.78 is 0. The molecule has 0 saturated heterocycles. The van der Waals surface area contributed by atoms with Crippen LogP contribution in [-0.2, 0) is 0 Å². The maximum atomic E-state index is 10.7. The first-order valence-corrected chi connectivity index (χ1v) is 4.75.